The van der Waals surface area contributed by atoms with Crippen molar-refractivity contribution in [2.75, 3.05) is 13.2 Å². The summed E-state index contributed by atoms with van der Waals surface area (Å²) in [5, 5.41) is 9.00. The van der Waals surface area contributed by atoms with E-state index in [1.807, 2.05) is 72.8 Å². The molecule has 5 rings (SSSR count). The van der Waals surface area contributed by atoms with Crippen LogP contribution in [0.4, 0.5) is 0 Å². The monoisotopic (exact) mass is 441 g/mol. The summed E-state index contributed by atoms with van der Waals surface area (Å²) >= 11 is 0. The second kappa shape index (κ2) is 9.08. The summed E-state index contributed by atoms with van der Waals surface area (Å²) in [7, 11) is 0. The van der Waals surface area contributed by atoms with Gasteiger partial charge in [0.25, 0.3) is 0 Å². The number of hydrogen-bond acceptors (Lipinski definition) is 5. The lowest BCUT2D eigenvalue weighted by atomic mass is 10.1. The van der Waals surface area contributed by atoms with E-state index in [-0.39, 0.29) is 5.97 Å². The SMILES string of the molecule is CC(=O)On1c2ccccc2c2ccc(OCCCOc3ccccc3-c3ccn[nH]3)cc21. The van der Waals surface area contributed by atoms with Crippen molar-refractivity contribution in [2.24, 2.45) is 0 Å². The molecule has 0 radical (unpaired) electrons. The number of ether oxygens (including phenoxy) is 2. The molecule has 0 amide bonds. The summed E-state index contributed by atoms with van der Waals surface area (Å²) in [6, 6.07) is 23.4. The normalized spacial score (nSPS) is 11.1. The molecular weight excluding hydrogens is 418 g/mol. The summed E-state index contributed by atoms with van der Waals surface area (Å²) in [6.07, 6.45) is 2.43. The van der Waals surface area contributed by atoms with Crippen LogP contribution < -0.4 is 14.3 Å². The van der Waals surface area contributed by atoms with E-state index < -0.39 is 0 Å². The lowest BCUT2D eigenvalue weighted by Crippen LogP contribution is -2.15. The van der Waals surface area contributed by atoms with Crippen LogP contribution in [-0.4, -0.2) is 34.1 Å². The summed E-state index contributed by atoms with van der Waals surface area (Å²) in [5.41, 5.74) is 3.51. The maximum absolute atomic E-state index is 11.6. The van der Waals surface area contributed by atoms with E-state index in [4.69, 9.17) is 14.3 Å². The molecule has 0 saturated carbocycles. The molecule has 2 heterocycles. The van der Waals surface area contributed by atoms with Gasteiger partial charge < -0.3 is 14.3 Å². The Morgan fingerprint density at radius 3 is 2.55 bits per heavy atom. The number of aromatic nitrogens is 3. The van der Waals surface area contributed by atoms with Crippen molar-refractivity contribution in [3.63, 3.8) is 0 Å². The second-order valence-electron chi connectivity index (χ2n) is 7.59. The number of carbonyl (C=O) groups is 1. The van der Waals surface area contributed by atoms with Gasteiger partial charge in [-0.05, 0) is 36.4 Å². The van der Waals surface area contributed by atoms with Crippen LogP contribution in [0.5, 0.6) is 11.5 Å². The molecule has 0 spiro atoms. The molecule has 0 unspecified atom stereocenters. The van der Waals surface area contributed by atoms with Crippen LogP contribution in [0.1, 0.15) is 13.3 Å². The zero-order valence-electron chi connectivity index (χ0n) is 18.2. The molecule has 1 N–H and O–H groups in total. The zero-order chi connectivity index (χ0) is 22.6. The molecule has 5 aromatic rings. The van der Waals surface area contributed by atoms with Crippen molar-refractivity contribution in [2.45, 2.75) is 13.3 Å². The van der Waals surface area contributed by atoms with Crippen LogP contribution in [-0.2, 0) is 4.79 Å². The van der Waals surface area contributed by atoms with E-state index in [1.54, 1.807) is 10.9 Å². The third kappa shape index (κ3) is 4.25. The highest BCUT2D eigenvalue weighted by atomic mass is 16.7. The van der Waals surface area contributed by atoms with Crippen LogP contribution in [0, 0.1) is 0 Å². The molecule has 0 aliphatic carbocycles. The van der Waals surface area contributed by atoms with E-state index in [9.17, 15) is 4.79 Å². The number of fused-ring (bicyclic) bond motifs is 3. The first-order chi connectivity index (χ1) is 16.2. The molecule has 3 aromatic carbocycles. The Bertz CT molecular complexity index is 1410. The number of carbonyl (C=O) groups excluding carboxylic acids is 1. The quantitative estimate of drug-likeness (QED) is 0.343. The highest BCUT2D eigenvalue weighted by Gasteiger charge is 2.14. The van der Waals surface area contributed by atoms with E-state index in [0.29, 0.717) is 25.4 Å². The molecule has 0 saturated heterocycles. The Morgan fingerprint density at radius 2 is 1.70 bits per heavy atom. The molecular formula is C26H23N3O4. The first-order valence-electron chi connectivity index (χ1n) is 10.8. The van der Waals surface area contributed by atoms with Gasteiger partial charge in [0, 0.05) is 41.9 Å². The van der Waals surface area contributed by atoms with Gasteiger partial charge in [0.2, 0.25) is 0 Å². The van der Waals surface area contributed by atoms with Gasteiger partial charge in [-0.1, -0.05) is 30.3 Å². The Morgan fingerprint density at radius 1 is 0.909 bits per heavy atom. The Labute approximate surface area is 190 Å². The van der Waals surface area contributed by atoms with Crippen molar-refractivity contribution in [3.05, 3.63) is 79.0 Å². The van der Waals surface area contributed by atoms with Gasteiger partial charge in [-0.3, -0.25) is 5.10 Å². The maximum atomic E-state index is 11.6. The van der Waals surface area contributed by atoms with E-state index in [1.165, 1.54) is 6.92 Å². The lowest BCUT2D eigenvalue weighted by Gasteiger charge is -2.11. The van der Waals surface area contributed by atoms with Gasteiger partial charge in [-0.2, -0.15) is 9.83 Å². The first kappa shape index (κ1) is 20.6. The van der Waals surface area contributed by atoms with Crippen LogP contribution in [0.3, 0.4) is 0 Å². The Balaban J connectivity index is 1.26. The number of H-pyrrole nitrogens is 1. The number of para-hydroxylation sites is 2. The molecule has 0 bridgehead atoms. The summed E-state index contributed by atoms with van der Waals surface area (Å²) in [4.78, 5) is 17.1. The maximum Gasteiger partial charge on any atom is 0.329 e. The number of benzene rings is 3. The summed E-state index contributed by atoms with van der Waals surface area (Å²) < 4.78 is 13.5. The highest BCUT2D eigenvalue weighted by molar-refractivity contribution is 6.08. The average Bonchev–Trinajstić information content (AvgIpc) is 3.46. The molecule has 2 aromatic heterocycles. The number of aromatic amines is 1. The third-order valence-corrected chi connectivity index (χ3v) is 5.31. The van der Waals surface area contributed by atoms with Crippen molar-refractivity contribution >= 4 is 27.8 Å². The lowest BCUT2D eigenvalue weighted by molar-refractivity contribution is -0.140. The number of hydrogen-bond donors (Lipinski definition) is 1. The fraction of sp³-hybridized carbons (Fsp3) is 0.154. The van der Waals surface area contributed by atoms with Gasteiger partial charge in [-0.15, -0.1) is 0 Å². The van der Waals surface area contributed by atoms with Gasteiger partial charge >= 0.3 is 5.97 Å². The number of rotatable bonds is 8. The fourth-order valence-electron chi connectivity index (χ4n) is 3.88. The second-order valence-corrected chi connectivity index (χ2v) is 7.59. The molecule has 0 fully saturated rings. The van der Waals surface area contributed by atoms with Crippen LogP contribution in [0.15, 0.2) is 79.0 Å². The minimum absolute atomic E-state index is 0.378. The average molecular weight is 441 g/mol. The minimum Gasteiger partial charge on any atom is -0.493 e. The van der Waals surface area contributed by atoms with Gasteiger partial charge in [0.15, 0.2) is 0 Å². The van der Waals surface area contributed by atoms with Gasteiger partial charge in [0.05, 0.1) is 29.9 Å². The third-order valence-electron chi connectivity index (χ3n) is 5.31. The molecule has 166 valence electrons. The largest absolute Gasteiger partial charge is 0.493 e. The Hall–Kier alpha value is -4.26. The van der Waals surface area contributed by atoms with E-state index in [2.05, 4.69) is 10.2 Å². The summed E-state index contributed by atoms with van der Waals surface area (Å²) in [6.45, 7) is 2.40. The molecule has 0 atom stereocenters. The van der Waals surface area contributed by atoms with Gasteiger partial charge in [0.1, 0.15) is 11.5 Å². The molecule has 0 aliphatic heterocycles. The topological polar surface area (TPSA) is 78.4 Å². The predicted molar refractivity (Wildman–Crippen MR) is 126 cm³/mol. The Kier molecular flexibility index (Phi) is 5.68. The number of nitrogens with zero attached hydrogens (tertiary/aromatic N) is 2. The molecule has 7 nitrogen and oxygen atoms in total. The van der Waals surface area contributed by atoms with E-state index in [0.717, 1.165) is 38.8 Å². The predicted octanol–water partition coefficient (Wildman–Crippen LogP) is 5.01. The van der Waals surface area contributed by atoms with Crippen LogP contribution in [0.25, 0.3) is 33.1 Å². The smallest absolute Gasteiger partial charge is 0.329 e. The highest BCUT2D eigenvalue weighted by Crippen LogP contribution is 2.31. The standard InChI is InChI=1S/C26H23N3O4/c1-18(30)33-29-24-9-4-2-7-20(24)21-12-11-19(17-25(21)29)31-15-6-16-32-26-10-5-3-8-22(26)23-13-14-27-28-23/h2-5,7-14,17H,6,15-16H2,1H3,(H,27,28). The van der Waals surface area contributed by atoms with Gasteiger partial charge in [-0.25, -0.2) is 4.79 Å². The van der Waals surface area contributed by atoms with Crippen molar-refractivity contribution in [1.82, 2.24) is 14.9 Å². The molecule has 0 aliphatic rings. The van der Waals surface area contributed by atoms with Crippen molar-refractivity contribution in [3.8, 4) is 22.8 Å². The van der Waals surface area contributed by atoms with Crippen LogP contribution in [0.2, 0.25) is 0 Å². The summed E-state index contributed by atoms with van der Waals surface area (Å²) in [5.74, 6) is 1.13. The molecule has 33 heavy (non-hydrogen) atoms. The minimum atomic E-state index is -0.378. The molecule has 7 heteroatoms. The number of nitrogens with one attached hydrogen (secondary N) is 1. The zero-order valence-corrected chi connectivity index (χ0v) is 18.2. The van der Waals surface area contributed by atoms with Crippen LogP contribution >= 0.6 is 0 Å². The fourth-order valence-corrected chi connectivity index (χ4v) is 3.88. The van der Waals surface area contributed by atoms with E-state index >= 15 is 0 Å². The van der Waals surface area contributed by atoms with Crippen molar-refractivity contribution < 1.29 is 19.1 Å². The van der Waals surface area contributed by atoms with Crippen molar-refractivity contribution in [1.29, 1.82) is 0 Å². The first-order valence-corrected chi connectivity index (χ1v) is 10.8.